The fraction of sp³-hybridized carbons (Fsp3) is 0.448. The van der Waals surface area contributed by atoms with Gasteiger partial charge in [0.2, 0.25) is 0 Å². The van der Waals surface area contributed by atoms with Gasteiger partial charge in [-0.2, -0.15) is 0 Å². The number of rotatable bonds is 8. The van der Waals surface area contributed by atoms with Gasteiger partial charge in [0, 0.05) is 36.8 Å². The summed E-state index contributed by atoms with van der Waals surface area (Å²) in [5.74, 6) is -0.820. The minimum atomic E-state index is -1.17. The molecule has 1 amide bonds. The lowest BCUT2D eigenvalue weighted by Crippen LogP contribution is -2.31. The smallest absolute Gasteiger partial charge is 0.358 e. The van der Waals surface area contributed by atoms with E-state index in [1.54, 1.807) is 25.3 Å². The van der Waals surface area contributed by atoms with Gasteiger partial charge in [-0.25, -0.2) is 9.48 Å². The Bertz CT molecular complexity index is 1370. The first-order valence-electron chi connectivity index (χ1n) is 13.1. The molecule has 0 spiro atoms. The molecule has 3 aromatic rings. The first-order valence-corrected chi connectivity index (χ1v) is 13.1. The lowest BCUT2D eigenvalue weighted by atomic mass is 9.85. The number of carboxylic acids is 1. The number of hydrogen-bond acceptors (Lipinski definition) is 7. The number of carboxylic acid groups (broad SMARTS) is 1. The van der Waals surface area contributed by atoms with Crippen LogP contribution in [0, 0.1) is 6.92 Å². The Kier molecular flexibility index (Phi) is 8.08. The first kappa shape index (κ1) is 28.3. The Morgan fingerprint density at radius 2 is 1.95 bits per heavy atom. The molecule has 0 aliphatic carbocycles. The molecule has 1 fully saturated rings. The number of carbonyl (C=O) groups excluding carboxylic acids is 1. The van der Waals surface area contributed by atoms with Crippen molar-refractivity contribution in [3.63, 3.8) is 0 Å². The number of hydrogen-bond donors (Lipinski definition) is 2. The number of amides is 1. The lowest BCUT2D eigenvalue weighted by Gasteiger charge is -2.26. The number of ether oxygens (including phenoxy) is 1. The molecule has 0 bridgehead atoms. The number of nitrogens with one attached hydrogen (secondary N) is 1. The van der Waals surface area contributed by atoms with Gasteiger partial charge in [-0.05, 0) is 62.2 Å². The van der Waals surface area contributed by atoms with E-state index in [1.807, 2.05) is 13.0 Å². The summed E-state index contributed by atoms with van der Waals surface area (Å²) < 4.78 is 7.24. The molecule has 2 aromatic carbocycles. The largest absolute Gasteiger partial charge is 0.494 e. The van der Waals surface area contributed by atoms with Crippen molar-refractivity contribution in [1.29, 1.82) is 0 Å². The van der Waals surface area contributed by atoms with Crippen LogP contribution in [0.4, 0.5) is 5.69 Å². The monoisotopic (exact) mass is 534 g/mol. The van der Waals surface area contributed by atoms with Crippen molar-refractivity contribution in [2.75, 3.05) is 39.6 Å². The number of methoxy groups -OCH3 is 1. The maximum Gasteiger partial charge on any atom is 0.358 e. The summed E-state index contributed by atoms with van der Waals surface area (Å²) in [6, 6.07) is 9.90. The number of likely N-dealkylation sites (tertiary alicyclic amines) is 1. The van der Waals surface area contributed by atoms with Gasteiger partial charge in [-0.1, -0.05) is 38.1 Å². The Morgan fingerprint density at radius 1 is 1.21 bits per heavy atom. The molecule has 0 radical (unpaired) electrons. The molecule has 0 unspecified atom stereocenters. The van der Waals surface area contributed by atoms with E-state index < -0.39 is 5.97 Å². The third-order valence-corrected chi connectivity index (χ3v) is 7.29. The number of nitrogens with zero attached hydrogens (tertiary/aromatic N) is 5. The van der Waals surface area contributed by atoms with E-state index in [0.717, 1.165) is 42.7 Å². The third kappa shape index (κ3) is 6.29. The standard InChI is InChI=1S/C29H38N6O4/c1-18-8-9-19(13-25(18)35-17-24(28(37)38)31-32-35)27(36)30-23-14-21(29(2,3)4)12-20(26(23)39-7)15-34-11-10-22(16-34)33(5)6/h8-9,12-14,17,22H,10-11,15-16H2,1-7H3,(H,30,36)(H,37,38)/t22-/m0/s1. The van der Waals surface area contributed by atoms with Crippen LogP contribution in [0.2, 0.25) is 0 Å². The zero-order valence-electron chi connectivity index (χ0n) is 23.8. The molecule has 10 nitrogen and oxygen atoms in total. The SMILES string of the molecule is COc1c(CN2CC[C@H](N(C)C)C2)cc(C(C)(C)C)cc1NC(=O)c1ccc(C)c(-n2cc(C(=O)O)nn2)c1. The number of anilines is 1. The van der Waals surface area contributed by atoms with Gasteiger partial charge in [-0.3, -0.25) is 9.69 Å². The summed E-state index contributed by atoms with van der Waals surface area (Å²) in [5, 5.41) is 19.9. The van der Waals surface area contributed by atoms with Crippen LogP contribution in [0.15, 0.2) is 36.5 Å². The average molecular weight is 535 g/mol. The van der Waals surface area contributed by atoms with E-state index in [0.29, 0.717) is 28.7 Å². The highest BCUT2D eigenvalue weighted by molar-refractivity contribution is 6.05. The van der Waals surface area contributed by atoms with Crippen LogP contribution in [0.1, 0.15) is 64.7 Å². The normalized spacial score (nSPS) is 16.1. The van der Waals surface area contributed by atoms with Crippen molar-refractivity contribution >= 4 is 17.6 Å². The van der Waals surface area contributed by atoms with Crippen molar-refractivity contribution in [3.05, 3.63) is 64.5 Å². The van der Waals surface area contributed by atoms with Crippen molar-refractivity contribution in [2.24, 2.45) is 0 Å². The molecule has 2 N–H and O–H groups in total. The predicted molar refractivity (Wildman–Crippen MR) is 150 cm³/mol. The number of aromatic nitrogens is 3. The van der Waals surface area contributed by atoms with Gasteiger partial charge >= 0.3 is 5.97 Å². The first-order chi connectivity index (χ1) is 18.4. The van der Waals surface area contributed by atoms with Gasteiger partial charge < -0.3 is 20.1 Å². The molecule has 1 aliphatic rings. The lowest BCUT2D eigenvalue weighted by molar-refractivity contribution is 0.0690. The van der Waals surface area contributed by atoms with Gasteiger partial charge in [0.1, 0.15) is 5.75 Å². The van der Waals surface area contributed by atoms with Gasteiger partial charge in [0.15, 0.2) is 5.69 Å². The van der Waals surface area contributed by atoms with Gasteiger partial charge in [0.05, 0.1) is 24.7 Å². The number of aromatic carboxylic acids is 1. The molecule has 10 heteroatoms. The molecule has 208 valence electrons. The number of likely N-dealkylation sites (N-methyl/N-ethyl adjacent to an activating group) is 1. The zero-order chi connectivity index (χ0) is 28.5. The Morgan fingerprint density at radius 3 is 2.54 bits per heavy atom. The predicted octanol–water partition coefficient (Wildman–Crippen LogP) is 3.97. The van der Waals surface area contributed by atoms with Crippen LogP contribution < -0.4 is 10.1 Å². The highest BCUT2D eigenvalue weighted by atomic mass is 16.5. The Hall–Kier alpha value is -3.76. The molecule has 1 saturated heterocycles. The second kappa shape index (κ2) is 11.2. The molecule has 0 saturated carbocycles. The molecule has 1 atom stereocenters. The van der Waals surface area contributed by atoms with Gasteiger partial charge in [-0.15, -0.1) is 5.10 Å². The van der Waals surface area contributed by atoms with Crippen LogP contribution in [0.25, 0.3) is 5.69 Å². The van der Waals surface area contributed by atoms with E-state index in [-0.39, 0.29) is 17.0 Å². The van der Waals surface area contributed by atoms with Crippen molar-refractivity contribution in [2.45, 2.75) is 52.1 Å². The highest BCUT2D eigenvalue weighted by Crippen LogP contribution is 2.37. The molecular weight excluding hydrogens is 496 g/mol. The second-order valence-electron chi connectivity index (χ2n) is 11.4. The van der Waals surface area contributed by atoms with Crippen LogP contribution in [0.3, 0.4) is 0 Å². The average Bonchev–Trinajstić information content (AvgIpc) is 3.54. The van der Waals surface area contributed by atoms with E-state index >= 15 is 0 Å². The molecule has 4 rings (SSSR count). The molecule has 39 heavy (non-hydrogen) atoms. The van der Waals surface area contributed by atoms with Crippen molar-refractivity contribution < 1.29 is 19.4 Å². The van der Waals surface area contributed by atoms with E-state index in [1.165, 1.54) is 10.9 Å². The van der Waals surface area contributed by atoms with Crippen LogP contribution in [0.5, 0.6) is 5.75 Å². The minimum absolute atomic E-state index is 0.135. The summed E-state index contributed by atoms with van der Waals surface area (Å²) >= 11 is 0. The number of benzene rings is 2. The highest BCUT2D eigenvalue weighted by Gasteiger charge is 2.27. The second-order valence-corrected chi connectivity index (χ2v) is 11.4. The van der Waals surface area contributed by atoms with Crippen molar-refractivity contribution in [3.8, 4) is 11.4 Å². The number of carbonyl (C=O) groups is 2. The maximum atomic E-state index is 13.5. The van der Waals surface area contributed by atoms with Crippen LogP contribution in [-0.2, 0) is 12.0 Å². The summed E-state index contributed by atoms with van der Waals surface area (Å²) in [6.07, 6.45) is 2.45. The summed E-state index contributed by atoms with van der Waals surface area (Å²) in [6.45, 7) is 11.0. The molecule has 2 heterocycles. The van der Waals surface area contributed by atoms with Crippen LogP contribution >= 0.6 is 0 Å². The van der Waals surface area contributed by atoms with Crippen LogP contribution in [-0.4, -0.2) is 82.1 Å². The molecular formula is C29H38N6O4. The van der Waals surface area contributed by atoms with E-state index in [9.17, 15) is 14.7 Å². The zero-order valence-corrected chi connectivity index (χ0v) is 23.8. The van der Waals surface area contributed by atoms with Gasteiger partial charge in [0.25, 0.3) is 5.91 Å². The summed E-state index contributed by atoms with van der Waals surface area (Å²) in [5.41, 5.74) is 4.25. The number of aryl methyl sites for hydroxylation is 1. The third-order valence-electron chi connectivity index (χ3n) is 7.29. The topological polar surface area (TPSA) is 113 Å². The van der Waals surface area contributed by atoms with E-state index in [2.05, 4.69) is 66.4 Å². The van der Waals surface area contributed by atoms with E-state index in [4.69, 9.17) is 4.74 Å². The quantitative estimate of drug-likeness (QED) is 0.447. The fourth-order valence-electron chi connectivity index (χ4n) is 4.86. The Balaban J connectivity index is 1.66. The summed E-state index contributed by atoms with van der Waals surface area (Å²) in [4.78, 5) is 29.5. The minimum Gasteiger partial charge on any atom is -0.494 e. The molecule has 1 aromatic heterocycles. The summed E-state index contributed by atoms with van der Waals surface area (Å²) in [7, 11) is 5.87. The van der Waals surface area contributed by atoms with Crippen molar-refractivity contribution in [1.82, 2.24) is 24.8 Å². The molecule has 1 aliphatic heterocycles. The Labute approximate surface area is 229 Å². The maximum absolute atomic E-state index is 13.5. The fourth-order valence-corrected chi connectivity index (χ4v) is 4.86.